The average molecular weight is 550 g/mol. The minimum atomic E-state index is -4.54. The standard InChI is InChI=1S/C29H26F3N5OS/c1-19-3-5-22(14-21(19)6-4-20-13-26-27(33-16-20)18-39-35-26)28(38)34-24-8-7-23(25(15-24)29(30,31)32)17-37-11-9-36(2)10-12-37/h3,5,7-8,13-16,18H,9-12,17H2,1-2H3,(H,34,38). The van der Waals surface area contributed by atoms with Crippen molar-refractivity contribution in [3.05, 3.63) is 87.4 Å². The van der Waals surface area contributed by atoms with Crippen LogP contribution in [-0.2, 0) is 12.7 Å². The zero-order valence-electron chi connectivity index (χ0n) is 21.5. The molecule has 4 aromatic rings. The maximum atomic E-state index is 13.9. The van der Waals surface area contributed by atoms with Crippen LogP contribution in [0.1, 0.15) is 38.2 Å². The van der Waals surface area contributed by atoms with Crippen molar-refractivity contribution >= 4 is 34.2 Å². The molecule has 39 heavy (non-hydrogen) atoms. The Morgan fingerprint density at radius 3 is 2.62 bits per heavy atom. The number of benzene rings is 2. The van der Waals surface area contributed by atoms with Crippen LogP contribution in [0.15, 0.2) is 54.0 Å². The molecule has 0 bridgehead atoms. The molecule has 1 amide bonds. The van der Waals surface area contributed by atoms with Gasteiger partial charge in [0, 0.05) is 66.7 Å². The highest BCUT2D eigenvalue weighted by molar-refractivity contribution is 7.04. The number of amides is 1. The molecule has 1 fully saturated rings. The number of likely N-dealkylation sites (N-methyl/N-ethyl adjacent to an activating group) is 1. The zero-order valence-corrected chi connectivity index (χ0v) is 22.3. The Morgan fingerprint density at radius 2 is 1.85 bits per heavy atom. The van der Waals surface area contributed by atoms with Crippen molar-refractivity contribution in [3.63, 3.8) is 0 Å². The fourth-order valence-electron chi connectivity index (χ4n) is 4.37. The lowest BCUT2D eigenvalue weighted by atomic mass is 10.0. The summed E-state index contributed by atoms with van der Waals surface area (Å²) in [5.74, 6) is 5.62. The topological polar surface area (TPSA) is 61.4 Å². The Hall–Kier alpha value is -3.78. The highest BCUT2D eigenvalue weighted by Crippen LogP contribution is 2.34. The summed E-state index contributed by atoms with van der Waals surface area (Å²) in [6.07, 6.45) is -2.87. The second-order valence-corrected chi connectivity index (χ2v) is 10.3. The van der Waals surface area contributed by atoms with E-state index >= 15 is 0 Å². The highest BCUT2D eigenvalue weighted by atomic mass is 32.1. The van der Waals surface area contributed by atoms with Crippen molar-refractivity contribution in [2.24, 2.45) is 0 Å². The van der Waals surface area contributed by atoms with Gasteiger partial charge in [0.2, 0.25) is 0 Å². The quantitative estimate of drug-likeness (QED) is 0.345. The number of hydrogen-bond acceptors (Lipinski definition) is 6. The molecule has 0 saturated carbocycles. The summed E-state index contributed by atoms with van der Waals surface area (Å²) < 4.78 is 46.1. The summed E-state index contributed by atoms with van der Waals surface area (Å²) in [6, 6.07) is 10.9. The smallest absolute Gasteiger partial charge is 0.322 e. The molecule has 1 aliphatic rings. The van der Waals surface area contributed by atoms with Gasteiger partial charge in [-0.3, -0.25) is 14.7 Å². The average Bonchev–Trinajstić information content (AvgIpc) is 3.38. The van der Waals surface area contributed by atoms with Gasteiger partial charge in [0.05, 0.1) is 5.56 Å². The number of pyridine rings is 1. The van der Waals surface area contributed by atoms with E-state index in [0.29, 0.717) is 29.8 Å². The lowest BCUT2D eigenvalue weighted by molar-refractivity contribution is -0.138. The van der Waals surface area contributed by atoms with Gasteiger partial charge in [-0.05, 0) is 67.0 Å². The molecule has 200 valence electrons. The molecule has 1 N–H and O–H groups in total. The molecule has 1 aliphatic heterocycles. The van der Waals surface area contributed by atoms with Crippen molar-refractivity contribution in [1.82, 2.24) is 19.2 Å². The summed E-state index contributed by atoms with van der Waals surface area (Å²) in [4.78, 5) is 21.5. The number of piperazine rings is 1. The largest absolute Gasteiger partial charge is 0.416 e. The number of nitrogens with zero attached hydrogens (tertiary/aromatic N) is 4. The molecule has 0 atom stereocenters. The van der Waals surface area contributed by atoms with E-state index in [1.807, 2.05) is 30.3 Å². The Morgan fingerprint density at radius 1 is 1.05 bits per heavy atom. The van der Waals surface area contributed by atoms with Crippen LogP contribution in [0, 0.1) is 18.8 Å². The molecule has 0 unspecified atom stereocenters. The molecule has 1 saturated heterocycles. The van der Waals surface area contributed by atoms with Gasteiger partial charge in [-0.25, -0.2) is 0 Å². The van der Waals surface area contributed by atoms with Gasteiger partial charge < -0.3 is 10.2 Å². The van der Waals surface area contributed by atoms with Crippen LogP contribution in [0.25, 0.3) is 11.0 Å². The van der Waals surface area contributed by atoms with Crippen LogP contribution in [0.3, 0.4) is 0 Å². The van der Waals surface area contributed by atoms with Crippen molar-refractivity contribution in [3.8, 4) is 11.8 Å². The van der Waals surface area contributed by atoms with Crippen LogP contribution in [-0.4, -0.2) is 58.3 Å². The second-order valence-electron chi connectivity index (χ2n) is 9.63. The number of hydrogen-bond donors (Lipinski definition) is 1. The molecular weight excluding hydrogens is 523 g/mol. The van der Waals surface area contributed by atoms with Crippen LogP contribution >= 0.6 is 11.5 Å². The van der Waals surface area contributed by atoms with Gasteiger partial charge in [0.25, 0.3) is 5.91 Å². The number of fused-ring (bicyclic) bond motifs is 1. The number of nitrogens with one attached hydrogen (secondary N) is 1. The van der Waals surface area contributed by atoms with E-state index in [1.54, 1.807) is 24.4 Å². The van der Waals surface area contributed by atoms with E-state index in [-0.39, 0.29) is 17.8 Å². The van der Waals surface area contributed by atoms with Gasteiger partial charge in [0.1, 0.15) is 11.0 Å². The van der Waals surface area contributed by atoms with Crippen LogP contribution in [0.4, 0.5) is 18.9 Å². The molecule has 5 rings (SSSR count). The van der Waals surface area contributed by atoms with Crippen molar-refractivity contribution in [2.75, 3.05) is 38.5 Å². The van der Waals surface area contributed by atoms with Crippen LogP contribution in [0.5, 0.6) is 0 Å². The monoisotopic (exact) mass is 549 g/mol. The normalized spacial score (nSPS) is 14.7. The molecule has 2 aromatic carbocycles. The molecule has 10 heteroatoms. The van der Waals surface area contributed by atoms with Crippen LogP contribution < -0.4 is 5.32 Å². The molecule has 0 radical (unpaired) electrons. The maximum absolute atomic E-state index is 13.9. The summed E-state index contributed by atoms with van der Waals surface area (Å²) in [7, 11) is 2.00. The first-order chi connectivity index (χ1) is 18.7. The second kappa shape index (κ2) is 11.1. The van der Waals surface area contributed by atoms with Gasteiger partial charge in [-0.2, -0.15) is 17.5 Å². The predicted octanol–water partition coefficient (Wildman–Crippen LogP) is 5.42. The van der Waals surface area contributed by atoms with Crippen molar-refractivity contribution in [1.29, 1.82) is 0 Å². The number of anilines is 1. The first kappa shape index (κ1) is 26.8. The van der Waals surface area contributed by atoms with Crippen molar-refractivity contribution < 1.29 is 18.0 Å². The fraction of sp³-hybridized carbons (Fsp3) is 0.276. The third-order valence-electron chi connectivity index (χ3n) is 6.72. The number of halogens is 3. The lowest BCUT2D eigenvalue weighted by Gasteiger charge is -2.33. The Kier molecular flexibility index (Phi) is 7.66. The van der Waals surface area contributed by atoms with E-state index in [1.165, 1.54) is 23.7 Å². The highest BCUT2D eigenvalue weighted by Gasteiger charge is 2.34. The Labute approximate surface area is 228 Å². The number of aromatic nitrogens is 2. The van der Waals surface area contributed by atoms with E-state index < -0.39 is 17.6 Å². The van der Waals surface area contributed by atoms with Gasteiger partial charge in [0.15, 0.2) is 0 Å². The summed E-state index contributed by atoms with van der Waals surface area (Å²) >= 11 is 1.32. The number of rotatable bonds is 4. The molecule has 0 spiro atoms. The molecule has 2 aromatic heterocycles. The maximum Gasteiger partial charge on any atom is 0.416 e. The number of carbonyl (C=O) groups excluding carboxylic acids is 1. The third kappa shape index (κ3) is 6.45. The lowest BCUT2D eigenvalue weighted by Crippen LogP contribution is -2.44. The summed E-state index contributed by atoms with van der Waals surface area (Å²) in [6.45, 7) is 5.14. The summed E-state index contributed by atoms with van der Waals surface area (Å²) in [5.41, 5.74) is 3.63. The third-order valence-corrected chi connectivity index (χ3v) is 7.35. The molecular formula is C29H26F3N5OS. The minimum Gasteiger partial charge on any atom is -0.322 e. The zero-order chi connectivity index (χ0) is 27.6. The number of alkyl halides is 3. The number of carbonyl (C=O) groups is 1. The molecule has 3 heterocycles. The van der Waals surface area contributed by atoms with Crippen molar-refractivity contribution in [2.45, 2.75) is 19.6 Å². The Bertz CT molecular complexity index is 1580. The predicted molar refractivity (Wildman–Crippen MR) is 147 cm³/mol. The molecule has 6 nitrogen and oxygen atoms in total. The van der Waals surface area contributed by atoms with Gasteiger partial charge in [-0.15, -0.1) is 0 Å². The minimum absolute atomic E-state index is 0.0882. The molecule has 0 aliphatic carbocycles. The van der Waals surface area contributed by atoms with Gasteiger partial charge in [-0.1, -0.05) is 24.0 Å². The first-order valence-corrected chi connectivity index (χ1v) is 13.2. The van der Waals surface area contributed by atoms with E-state index in [4.69, 9.17) is 0 Å². The van der Waals surface area contributed by atoms with E-state index in [2.05, 4.69) is 31.4 Å². The Balaban J connectivity index is 1.34. The van der Waals surface area contributed by atoms with Crippen LogP contribution in [0.2, 0.25) is 0 Å². The van der Waals surface area contributed by atoms with Gasteiger partial charge >= 0.3 is 6.18 Å². The van der Waals surface area contributed by atoms with E-state index in [9.17, 15) is 18.0 Å². The fourth-order valence-corrected chi connectivity index (χ4v) is 4.97. The van der Waals surface area contributed by atoms with E-state index in [0.717, 1.165) is 35.8 Å². The first-order valence-electron chi connectivity index (χ1n) is 12.4. The summed E-state index contributed by atoms with van der Waals surface area (Å²) in [5, 5.41) is 4.48. The number of aryl methyl sites for hydroxylation is 1. The SMILES string of the molecule is Cc1ccc(C(=O)Nc2ccc(CN3CCN(C)CC3)c(C(F)(F)F)c2)cc1C#Cc1cnc2csnc2c1.